The summed E-state index contributed by atoms with van der Waals surface area (Å²) in [5, 5.41) is 3.20. The summed E-state index contributed by atoms with van der Waals surface area (Å²) in [6, 6.07) is 3.91. The Labute approximate surface area is 105 Å². The van der Waals surface area contributed by atoms with Crippen molar-refractivity contribution in [2.45, 2.75) is 20.0 Å². The molecule has 0 saturated heterocycles. The van der Waals surface area contributed by atoms with Crippen LogP contribution in [0.15, 0.2) is 23.7 Å². The molecule has 17 heavy (non-hydrogen) atoms. The lowest BCUT2D eigenvalue weighted by Crippen LogP contribution is -2.18. The molecule has 2 rings (SSSR count). The van der Waals surface area contributed by atoms with E-state index in [1.807, 2.05) is 19.1 Å². The van der Waals surface area contributed by atoms with Crippen LogP contribution in [0.25, 0.3) is 0 Å². The minimum absolute atomic E-state index is 0.605. The van der Waals surface area contributed by atoms with Crippen molar-refractivity contribution >= 4 is 17.2 Å². The van der Waals surface area contributed by atoms with E-state index in [1.165, 1.54) is 0 Å². The van der Waals surface area contributed by atoms with Gasteiger partial charge in [-0.15, -0.1) is 11.3 Å². The molecule has 0 spiro atoms. The second-order valence-electron chi connectivity index (χ2n) is 4.08. The van der Waals surface area contributed by atoms with E-state index in [0.717, 1.165) is 29.4 Å². The van der Waals surface area contributed by atoms with E-state index in [1.54, 1.807) is 17.5 Å². The molecule has 0 bridgehead atoms. The number of hydrogen-bond donors (Lipinski definition) is 1. The molecular formula is C12H16N4S. The third-order valence-electron chi connectivity index (χ3n) is 2.46. The van der Waals surface area contributed by atoms with Gasteiger partial charge in [-0.1, -0.05) is 6.07 Å². The number of nitrogens with zero attached hydrogens (tertiary/aromatic N) is 3. The highest BCUT2D eigenvalue weighted by Crippen LogP contribution is 2.13. The van der Waals surface area contributed by atoms with Crippen LogP contribution in [0.5, 0.6) is 0 Å². The SMILES string of the molecule is Cc1nc(CN(C)Cc2cccnc2N)cs1. The van der Waals surface area contributed by atoms with Gasteiger partial charge in [-0.2, -0.15) is 0 Å². The molecule has 2 N–H and O–H groups in total. The Balaban J connectivity index is 1.98. The standard InChI is InChI=1S/C12H16N4S/c1-9-15-11(8-17-9)7-16(2)6-10-4-3-5-14-12(10)13/h3-5,8H,6-7H2,1-2H3,(H2,13,14). The molecule has 0 aromatic carbocycles. The summed E-state index contributed by atoms with van der Waals surface area (Å²) in [6.07, 6.45) is 1.71. The van der Waals surface area contributed by atoms with Gasteiger partial charge in [0.15, 0.2) is 0 Å². The fourth-order valence-electron chi connectivity index (χ4n) is 1.69. The molecule has 5 heteroatoms. The highest BCUT2D eigenvalue weighted by atomic mass is 32.1. The minimum atomic E-state index is 0.605. The van der Waals surface area contributed by atoms with Gasteiger partial charge < -0.3 is 5.73 Å². The third kappa shape index (κ3) is 3.25. The topological polar surface area (TPSA) is 55.0 Å². The first kappa shape index (κ1) is 12.0. The number of rotatable bonds is 4. The van der Waals surface area contributed by atoms with Crippen molar-refractivity contribution in [1.29, 1.82) is 0 Å². The van der Waals surface area contributed by atoms with Gasteiger partial charge in [0, 0.05) is 30.2 Å². The van der Waals surface area contributed by atoms with Crippen LogP contribution >= 0.6 is 11.3 Å². The summed E-state index contributed by atoms with van der Waals surface area (Å²) in [5.41, 5.74) is 7.98. The molecule has 2 heterocycles. The van der Waals surface area contributed by atoms with E-state index in [0.29, 0.717) is 5.82 Å². The van der Waals surface area contributed by atoms with Gasteiger partial charge in [0.25, 0.3) is 0 Å². The Morgan fingerprint density at radius 2 is 2.24 bits per heavy atom. The first-order valence-corrected chi connectivity index (χ1v) is 6.32. The number of nitrogens with two attached hydrogens (primary N) is 1. The fourth-order valence-corrected chi connectivity index (χ4v) is 2.29. The Kier molecular flexibility index (Phi) is 3.71. The summed E-state index contributed by atoms with van der Waals surface area (Å²) in [7, 11) is 2.06. The van der Waals surface area contributed by atoms with Crippen LogP contribution in [0, 0.1) is 6.92 Å². The van der Waals surface area contributed by atoms with Gasteiger partial charge in [-0.3, -0.25) is 4.90 Å². The second-order valence-corrected chi connectivity index (χ2v) is 5.14. The second kappa shape index (κ2) is 5.25. The molecule has 0 aliphatic rings. The Morgan fingerprint density at radius 3 is 2.88 bits per heavy atom. The van der Waals surface area contributed by atoms with Crippen molar-refractivity contribution in [3.8, 4) is 0 Å². The van der Waals surface area contributed by atoms with Gasteiger partial charge in [-0.05, 0) is 20.0 Å². The van der Waals surface area contributed by atoms with Gasteiger partial charge in [0.05, 0.1) is 10.7 Å². The zero-order valence-corrected chi connectivity index (χ0v) is 10.9. The van der Waals surface area contributed by atoms with E-state index in [-0.39, 0.29) is 0 Å². The predicted octanol–water partition coefficient (Wildman–Crippen LogP) is 2.06. The largest absolute Gasteiger partial charge is 0.383 e. The molecule has 0 radical (unpaired) electrons. The minimum Gasteiger partial charge on any atom is -0.383 e. The zero-order chi connectivity index (χ0) is 12.3. The van der Waals surface area contributed by atoms with Gasteiger partial charge in [-0.25, -0.2) is 9.97 Å². The van der Waals surface area contributed by atoms with Gasteiger partial charge in [0.1, 0.15) is 5.82 Å². The van der Waals surface area contributed by atoms with Crippen LogP contribution in [0.3, 0.4) is 0 Å². The summed E-state index contributed by atoms with van der Waals surface area (Å²) in [6.45, 7) is 3.64. The van der Waals surface area contributed by atoms with Gasteiger partial charge in [0.2, 0.25) is 0 Å². The van der Waals surface area contributed by atoms with E-state index >= 15 is 0 Å². The molecule has 90 valence electrons. The molecule has 0 aliphatic heterocycles. The first-order valence-electron chi connectivity index (χ1n) is 5.44. The third-order valence-corrected chi connectivity index (χ3v) is 3.29. The highest BCUT2D eigenvalue weighted by Gasteiger charge is 2.06. The highest BCUT2D eigenvalue weighted by molar-refractivity contribution is 7.09. The van der Waals surface area contributed by atoms with E-state index in [4.69, 9.17) is 5.73 Å². The average Bonchev–Trinajstić information content (AvgIpc) is 2.67. The Hall–Kier alpha value is -1.46. The molecular weight excluding hydrogens is 232 g/mol. The number of aromatic nitrogens is 2. The maximum atomic E-state index is 5.82. The molecule has 4 nitrogen and oxygen atoms in total. The van der Waals surface area contributed by atoms with Crippen molar-refractivity contribution < 1.29 is 0 Å². The van der Waals surface area contributed by atoms with Crippen molar-refractivity contribution in [2.24, 2.45) is 0 Å². The van der Waals surface area contributed by atoms with E-state index in [2.05, 4.69) is 27.3 Å². The lowest BCUT2D eigenvalue weighted by atomic mass is 10.2. The quantitative estimate of drug-likeness (QED) is 0.900. The number of thiazole rings is 1. The maximum Gasteiger partial charge on any atom is 0.127 e. The number of anilines is 1. The molecule has 0 aliphatic carbocycles. The predicted molar refractivity (Wildman–Crippen MR) is 70.7 cm³/mol. The molecule has 2 aromatic rings. The molecule has 2 aromatic heterocycles. The zero-order valence-electron chi connectivity index (χ0n) is 10.1. The lowest BCUT2D eigenvalue weighted by Gasteiger charge is -2.15. The molecule has 0 saturated carbocycles. The van der Waals surface area contributed by atoms with Crippen molar-refractivity contribution in [1.82, 2.24) is 14.9 Å². The smallest absolute Gasteiger partial charge is 0.127 e. The summed E-state index contributed by atoms with van der Waals surface area (Å²) >= 11 is 1.68. The van der Waals surface area contributed by atoms with Gasteiger partial charge >= 0.3 is 0 Å². The summed E-state index contributed by atoms with van der Waals surface area (Å²) < 4.78 is 0. The maximum absolute atomic E-state index is 5.82. The Morgan fingerprint density at radius 1 is 1.41 bits per heavy atom. The van der Waals surface area contributed by atoms with E-state index < -0.39 is 0 Å². The molecule has 0 unspecified atom stereocenters. The fraction of sp³-hybridized carbons (Fsp3) is 0.333. The molecule has 0 amide bonds. The number of pyridine rings is 1. The van der Waals surface area contributed by atoms with Crippen molar-refractivity contribution in [3.63, 3.8) is 0 Å². The van der Waals surface area contributed by atoms with Crippen LogP contribution < -0.4 is 5.73 Å². The van der Waals surface area contributed by atoms with Crippen LogP contribution in [0.4, 0.5) is 5.82 Å². The van der Waals surface area contributed by atoms with Crippen molar-refractivity contribution in [3.05, 3.63) is 40.0 Å². The number of hydrogen-bond acceptors (Lipinski definition) is 5. The van der Waals surface area contributed by atoms with Crippen molar-refractivity contribution in [2.75, 3.05) is 12.8 Å². The van der Waals surface area contributed by atoms with Crippen LogP contribution in [-0.4, -0.2) is 21.9 Å². The molecule has 0 fully saturated rings. The lowest BCUT2D eigenvalue weighted by molar-refractivity contribution is 0.316. The first-order chi connectivity index (χ1) is 8.15. The summed E-state index contributed by atoms with van der Waals surface area (Å²) in [5.74, 6) is 0.605. The number of nitrogen functional groups attached to an aromatic ring is 1. The van der Waals surface area contributed by atoms with Crippen LogP contribution in [0.2, 0.25) is 0 Å². The average molecular weight is 248 g/mol. The molecule has 0 atom stereocenters. The van der Waals surface area contributed by atoms with E-state index in [9.17, 15) is 0 Å². The Bertz CT molecular complexity index is 495. The summed E-state index contributed by atoms with van der Waals surface area (Å²) in [4.78, 5) is 10.7. The number of aryl methyl sites for hydroxylation is 1. The normalized spacial score (nSPS) is 11.0. The van der Waals surface area contributed by atoms with Crippen LogP contribution in [-0.2, 0) is 13.1 Å². The monoisotopic (exact) mass is 248 g/mol. The van der Waals surface area contributed by atoms with Crippen LogP contribution in [0.1, 0.15) is 16.3 Å².